The van der Waals surface area contributed by atoms with Crippen LogP contribution in [-0.2, 0) is 16.3 Å². The molecule has 1 aromatic carbocycles. The number of oxime groups is 2. The number of aromatic amines is 1. The largest absolute Gasteiger partial charge is 0.399 e. The first-order valence-electron chi connectivity index (χ1n) is 6.81. The van der Waals surface area contributed by atoms with Crippen LogP contribution in [0.3, 0.4) is 0 Å². The van der Waals surface area contributed by atoms with Gasteiger partial charge in [-0.3, -0.25) is 5.10 Å². The van der Waals surface area contributed by atoms with Crippen LogP contribution in [0.2, 0.25) is 0 Å². The molecule has 0 unspecified atom stereocenters. The molecule has 8 nitrogen and oxygen atoms in total. The first-order valence-corrected chi connectivity index (χ1v) is 6.81. The molecular formula is C15H16N6O2. The van der Waals surface area contributed by atoms with Gasteiger partial charge in [0.2, 0.25) is 5.82 Å². The van der Waals surface area contributed by atoms with E-state index in [4.69, 9.17) is 14.9 Å². The third-order valence-electron chi connectivity index (χ3n) is 2.85. The quantitative estimate of drug-likeness (QED) is 0.647. The molecule has 0 saturated carbocycles. The third kappa shape index (κ3) is 4.14. The predicted molar refractivity (Wildman–Crippen MR) is 83.7 cm³/mol. The molecule has 1 aromatic heterocycles. The van der Waals surface area contributed by atoms with Gasteiger partial charge in [0.05, 0.1) is 0 Å². The highest BCUT2D eigenvalue weighted by Crippen LogP contribution is 2.15. The highest BCUT2D eigenvalue weighted by molar-refractivity contribution is 6.11. The molecule has 1 heterocycles. The molecule has 0 amide bonds. The number of benzene rings is 1. The van der Waals surface area contributed by atoms with E-state index in [0.717, 1.165) is 11.1 Å². The topological polar surface area (TPSA) is 109 Å². The van der Waals surface area contributed by atoms with E-state index >= 15 is 0 Å². The van der Waals surface area contributed by atoms with Crippen LogP contribution in [0.4, 0.5) is 0 Å². The summed E-state index contributed by atoms with van der Waals surface area (Å²) in [6.07, 6.45) is 0. The smallest absolute Gasteiger partial charge is 0.203 e. The van der Waals surface area contributed by atoms with Crippen molar-refractivity contribution in [1.29, 1.82) is 5.26 Å². The van der Waals surface area contributed by atoms with Gasteiger partial charge in [-0.2, -0.15) is 10.4 Å². The number of nitrogens with one attached hydrogen (secondary N) is 1. The van der Waals surface area contributed by atoms with E-state index in [0.29, 0.717) is 17.4 Å². The highest BCUT2D eigenvalue weighted by atomic mass is 16.6. The van der Waals surface area contributed by atoms with Crippen molar-refractivity contribution in [2.24, 2.45) is 10.3 Å². The number of aromatic nitrogens is 3. The maximum absolute atomic E-state index is 8.68. The standard InChI is InChI=1S/C15H16N6O2/c1-10(8-16)20-23-9-12-6-4-5-7-13(12)14(21-22-3)15-17-11(2)18-19-15/h4-7H,9H2,1-3H3,(H,17,18,19)/b20-10-,21-14+. The fourth-order valence-electron chi connectivity index (χ4n) is 1.85. The Morgan fingerprint density at radius 3 is 2.78 bits per heavy atom. The second-order valence-electron chi connectivity index (χ2n) is 4.59. The van der Waals surface area contributed by atoms with Gasteiger partial charge in [-0.1, -0.05) is 34.6 Å². The first kappa shape index (κ1) is 16.2. The second-order valence-corrected chi connectivity index (χ2v) is 4.59. The molecule has 1 N–H and O–H groups in total. The monoisotopic (exact) mass is 312 g/mol. The van der Waals surface area contributed by atoms with Crippen molar-refractivity contribution in [2.75, 3.05) is 7.11 Å². The SMILES string of the molecule is CO/N=C(/c1n[nH]c(C)n1)c1ccccc1CO/N=C(/C)C#N. The zero-order valence-corrected chi connectivity index (χ0v) is 13.1. The lowest BCUT2D eigenvalue weighted by Crippen LogP contribution is -2.10. The number of aryl methyl sites for hydroxylation is 1. The summed E-state index contributed by atoms with van der Waals surface area (Å²) in [5.74, 6) is 1.10. The Morgan fingerprint density at radius 1 is 1.35 bits per heavy atom. The molecule has 2 aromatic rings. The zero-order chi connectivity index (χ0) is 16.7. The van der Waals surface area contributed by atoms with Gasteiger partial charge in [0.15, 0.2) is 11.4 Å². The van der Waals surface area contributed by atoms with Gasteiger partial charge in [-0.15, -0.1) is 0 Å². The predicted octanol–water partition coefficient (Wildman–Crippen LogP) is 1.93. The Balaban J connectivity index is 2.34. The van der Waals surface area contributed by atoms with Gasteiger partial charge in [-0.25, -0.2) is 4.98 Å². The van der Waals surface area contributed by atoms with Gasteiger partial charge in [0.1, 0.15) is 25.6 Å². The molecule has 0 aliphatic heterocycles. The Kier molecular flexibility index (Phi) is 5.41. The number of H-pyrrole nitrogens is 1. The van der Waals surface area contributed by atoms with Crippen molar-refractivity contribution < 1.29 is 9.68 Å². The summed E-state index contributed by atoms with van der Waals surface area (Å²) in [6, 6.07) is 9.37. The van der Waals surface area contributed by atoms with Crippen molar-refractivity contribution in [3.05, 3.63) is 47.0 Å². The van der Waals surface area contributed by atoms with Gasteiger partial charge in [-0.05, 0) is 13.8 Å². The number of rotatable bonds is 6. The molecule has 2 rings (SSSR count). The average Bonchev–Trinajstić information content (AvgIpc) is 2.99. The van der Waals surface area contributed by atoms with Gasteiger partial charge >= 0.3 is 0 Å². The summed E-state index contributed by atoms with van der Waals surface area (Å²) in [7, 11) is 1.46. The Labute approximate surface area is 133 Å². The van der Waals surface area contributed by atoms with E-state index in [1.165, 1.54) is 7.11 Å². The lowest BCUT2D eigenvalue weighted by molar-refractivity contribution is 0.130. The lowest BCUT2D eigenvalue weighted by atomic mass is 10.0. The third-order valence-corrected chi connectivity index (χ3v) is 2.85. The summed E-state index contributed by atoms with van der Waals surface area (Å²) < 4.78 is 0. The Hall–Kier alpha value is -3.21. The van der Waals surface area contributed by atoms with Gasteiger partial charge in [0, 0.05) is 11.1 Å². The molecule has 0 atom stereocenters. The molecular weight excluding hydrogens is 296 g/mol. The maximum atomic E-state index is 8.68. The minimum Gasteiger partial charge on any atom is -0.399 e. The lowest BCUT2D eigenvalue weighted by Gasteiger charge is -2.08. The van der Waals surface area contributed by atoms with Crippen LogP contribution >= 0.6 is 0 Å². The van der Waals surface area contributed by atoms with E-state index in [1.54, 1.807) is 13.8 Å². The number of nitriles is 1. The van der Waals surface area contributed by atoms with Crippen LogP contribution in [-0.4, -0.2) is 33.7 Å². The van der Waals surface area contributed by atoms with Crippen molar-refractivity contribution >= 4 is 11.4 Å². The summed E-state index contributed by atoms with van der Waals surface area (Å²) >= 11 is 0. The molecule has 0 bridgehead atoms. The van der Waals surface area contributed by atoms with E-state index in [1.807, 2.05) is 30.3 Å². The number of hydrogen-bond acceptors (Lipinski definition) is 7. The summed E-state index contributed by atoms with van der Waals surface area (Å²) in [5, 5.41) is 23.3. The van der Waals surface area contributed by atoms with Crippen molar-refractivity contribution in [3.8, 4) is 6.07 Å². The minimum absolute atomic E-state index is 0.182. The molecule has 118 valence electrons. The molecule has 0 radical (unpaired) electrons. The molecule has 0 spiro atoms. The first-order chi connectivity index (χ1) is 11.2. The molecule has 0 fully saturated rings. The van der Waals surface area contributed by atoms with Crippen LogP contribution in [0.25, 0.3) is 0 Å². The van der Waals surface area contributed by atoms with E-state index < -0.39 is 0 Å². The average molecular weight is 312 g/mol. The number of hydrogen-bond donors (Lipinski definition) is 1. The molecule has 0 aliphatic rings. The minimum atomic E-state index is 0.182. The molecule has 8 heteroatoms. The fourth-order valence-corrected chi connectivity index (χ4v) is 1.85. The zero-order valence-electron chi connectivity index (χ0n) is 13.1. The van der Waals surface area contributed by atoms with E-state index in [-0.39, 0.29) is 12.3 Å². The Bertz CT molecular complexity index is 772. The summed E-state index contributed by atoms with van der Waals surface area (Å²) in [6.45, 7) is 3.55. The molecule has 0 aliphatic carbocycles. The van der Waals surface area contributed by atoms with E-state index in [9.17, 15) is 0 Å². The molecule has 0 saturated heterocycles. The second kappa shape index (κ2) is 7.70. The van der Waals surface area contributed by atoms with Crippen LogP contribution in [0.1, 0.15) is 29.7 Å². The van der Waals surface area contributed by atoms with Gasteiger partial charge in [0.25, 0.3) is 0 Å². The highest BCUT2D eigenvalue weighted by Gasteiger charge is 2.17. The summed E-state index contributed by atoms with van der Waals surface area (Å²) in [4.78, 5) is 14.4. The van der Waals surface area contributed by atoms with Crippen molar-refractivity contribution in [1.82, 2.24) is 15.2 Å². The Morgan fingerprint density at radius 2 is 2.13 bits per heavy atom. The fraction of sp³-hybridized carbons (Fsp3) is 0.267. The van der Waals surface area contributed by atoms with Crippen LogP contribution in [0.5, 0.6) is 0 Å². The van der Waals surface area contributed by atoms with Crippen LogP contribution < -0.4 is 0 Å². The van der Waals surface area contributed by atoms with Crippen LogP contribution in [0, 0.1) is 18.3 Å². The van der Waals surface area contributed by atoms with Crippen molar-refractivity contribution in [3.63, 3.8) is 0 Å². The number of nitrogens with zero attached hydrogens (tertiary/aromatic N) is 5. The maximum Gasteiger partial charge on any atom is 0.203 e. The summed E-state index contributed by atoms with van der Waals surface area (Å²) in [5.41, 5.74) is 2.31. The molecule has 23 heavy (non-hydrogen) atoms. The van der Waals surface area contributed by atoms with Gasteiger partial charge < -0.3 is 9.68 Å². The van der Waals surface area contributed by atoms with Crippen molar-refractivity contribution in [2.45, 2.75) is 20.5 Å². The van der Waals surface area contributed by atoms with Crippen LogP contribution in [0.15, 0.2) is 34.6 Å². The van der Waals surface area contributed by atoms with E-state index in [2.05, 4.69) is 25.5 Å². The normalized spacial score (nSPS) is 11.9.